The van der Waals surface area contributed by atoms with E-state index in [1.807, 2.05) is 0 Å². The van der Waals surface area contributed by atoms with Crippen molar-refractivity contribution < 1.29 is 89.1 Å². The van der Waals surface area contributed by atoms with Crippen molar-refractivity contribution >= 4 is 59.4 Å². The van der Waals surface area contributed by atoms with Crippen molar-refractivity contribution in [3.8, 4) is 0 Å². The van der Waals surface area contributed by atoms with Crippen molar-refractivity contribution in [3.63, 3.8) is 0 Å². The zero-order valence-corrected chi connectivity index (χ0v) is 51.6. The predicted molar refractivity (Wildman–Crippen MR) is 330 cm³/mol. The Hall–Kier alpha value is -6.34. The van der Waals surface area contributed by atoms with Crippen LogP contribution in [-0.4, -0.2) is 152 Å². The molecule has 27 N–H and O–H groups in total. The minimum Gasteiger partial charge on any atom is -0.481 e. The molecule has 8 saturated carbocycles. The maximum Gasteiger partial charge on any atom is 0.323 e. The smallest absolute Gasteiger partial charge is 0.323 e. The fraction of sp³-hybridized carbons (Fsp3) is 0.767. The molecule has 0 spiro atoms. The van der Waals surface area contributed by atoms with Crippen molar-refractivity contribution in [2.45, 2.75) is 247 Å². The van der Waals surface area contributed by atoms with Crippen LogP contribution < -0.4 is 57.2 Å². The highest BCUT2D eigenvalue weighted by Crippen LogP contribution is 2.36. The van der Waals surface area contributed by atoms with Crippen LogP contribution in [0.25, 0.3) is 0 Å². The second kappa shape index (κ2) is 41.1. The minimum atomic E-state index is -1.07. The van der Waals surface area contributed by atoms with Crippen molar-refractivity contribution in [2.75, 3.05) is 12.3 Å². The Labute approximate surface area is 520 Å². The summed E-state index contributed by atoms with van der Waals surface area (Å²) < 4.78 is 1.04. The molecule has 0 radical (unpaired) electrons. The molecule has 8 atom stereocenters. The summed E-state index contributed by atoms with van der Waals surface area (Å²) >= 11 is 0. The van der Waals surface area contributed by atoms with E-state index in [2.05, 4.69) is 0 Å². The van der Waals surface area contributed by atoms with Crippen LogP contribution in [0.1, 0.15) is 199 Å². The van der Waals surface area contributed by atoms with E-state index >= 15 is 0 Å². The lowest BCUT2D eigenvalue weighted by atomic mass is 9.74. The Morgan fingerprint density at radius 1 is 0.438 bits per heavy atom. The number of carboxylic acids is 9. The highest BCUT2D eigenvalue weighted by molar-refractivity contribution is 5.80. The van der Waals surface area contributed by atoms with Gasteiger partial charge in [-0.25, -0.2) is 0 Å². The number of rotatable bonds is 12. The molecule has 510 valence electrons. The van der Waals surface area contributed by atoms with Gasteiger partial charge in [0.25, 0.3) is 5.56 Å². The van der Waals surface area contributed by atoms with Gasteiger partial charge in [0.1, 0.15) is 17.6 Å². The largest absolute Gasteiger partial charge is 0.481 e. The maximum absolute atomic E-state index is 11.1. The molecule has 8 aliphatic carbocycles. The molecule has 1 aromatic heterocycles. The van der Waals surface area contributed by atoms with E-state index in [0.717, 1.165) is 172 Å². The minimum absolute atomic E-state index is 0.0544. The molecule has 9 rings (SSSR count). The number of nitrogens with two attached hydrogens (primary N) is 9. The van der Waals surface area contributed by atoms with Crippen LogP contribution >= 0.6 is 0 Å². The van der Waals surface area contributed by atoms with Crippen molar-refractivity contribution in [1.29, 1.82) is 0 Å². The fourth-order valence-electron chi connectivity index (χ4n) is 11.7. The molecule has 0 bridgehead atoms. The molecule has 8 fully saturated rings. The Bertz CT molecular complexity index is 2350. The van der Waals surface area contributed by atoms with Crippen LogP contribution in [0.3, 0.4) is 0 Å². The lowest BCUT2D eigenvalue weighted by Gasteiger charge is -2.32. The lowest BCUT2D eigenvalue weighted by molar-refractivity contribution is -0.150. The van der Waals surface area contributed by atoms with E-state index in [0.29, 0.717) is 50.6 Å². The van der Waals surface area contributed by atoms with Gasteiger partial charge in [0.15, 0.2) is 0 Å². The highest BCUT2D eigenvalue weighted by Gasteiger charge is 2.41. The van der Waals surface area contributed by atoms with E-state index in [-0.39, 0.29) is 60.1 Å². The van der Waals surface area contributed by atoms with Gasteiger partial charge in [-0.05, 0) is 140 Å². The monoisotopic (exact) mass is 1270 g/mol. The van der Waals surface area contributed by atoms with Crippen LogP contribution in [0.4, 0.5) is 5.69 Å². The van der Waals surface area contributed by atoms with E-state index in [1.54, 1.807) is 0 Å². The normalized spacial score (nSPS) is 27.3. The number of anilines is 1. The number of carboxylic acid groups (broad SMARTS) is 9. The third-order valence-electron chi connectivity index (χ3n) is 18.0. The van der Waals surface area contributed by atoms with Gasteiger partial charge in [-0.2, -0.15) is 0 Å². The molecular formula is C60H106N10O19. The fourth-order valence-corrected chi connectivity index (χ4v) is 11.7. The van der Waals surface area contributed by atoms with Crippen LogP contribution in [0.5, 0.6) is 0 Å². The number of aliphatic carboxylic acids is 9. The lowest BCUT2D eigenvalue weighted by Crippen LogP contribution is -2.53. The van der Waals surface area contributed by atoms with E-state index in [4.69, 9.17) is 97.6 Å². The quantitative estimate of drug-likeness (QED) is 0.143. The Morgan fingerprint density at radius 3 is 1.04 bits per heavy atom. The first-order valence-electron chi connectivity index (χ1n) is 31.2. The van der Waals surface area contributed by atoms with Crippen LogP contribution in [0.15, 0.2) is 23.1 Å². The molecule has 0 saturated heterocycles. The van der Waals surface area contributed by atoms with Gasteiger partial charge in [0, 0.05) is 49.4 Å². The Kier molecular flexibility index (Phi) is 37.3. The molecule has 89 heavy (non-hydrogen) atoms. The Balaban J connectivity index is 0.000000502. The number of pyridine rings is 1. The summed E-state index contributed by atoms with van der Waals surface area (Å²) in [6.07, 6.45) is 28.5. The molecule has 29 nitrogen and oxygen atoms in total. The summed E-state index contributed by atoms with van der Waals surface area (Å²) in [5.41, 5.74) is 46.7. The molecule has 0 aromatic carbocycles. The molecule has 0 aliphatic heterocycles. The second-order valence-electron chi connectivity index (χ2n) is 24.9. The second-order valence-corrected chi connectivity index (χ2v) is 24.9. The van der Waals surface area contributed by atoms with Gasteiger partial charge in [0.05, 0.1) is 34.8 Å². The number of nitrogen functional groups attached to an aromatic ring is 1. The van der Waals surface area contributed by atoms with Gasteiger partial charge < -0.3 is 102 Å². The summed E-state index contributed by atoms with van der Waals surface area (Å²) in [5.74, 6) is -7.81. The maximum atomic E-state index is 11.1. The zero-order valence-electron chi connectivity index (χ0n) is 51.6. The van der Waals surface area contributed by atoms with Crippen molar-refractivity contribution in [3.05, 3.63) is 28.7 Å². The Morgan fingerprint density at radius 2 is 0.787 bits per heavy atom. The number of carbonyl (C=O) groups is 9. The summed E-state index contributed by atoms with van der Waals surface area (Å²) in [5, 5.41) is 77.0. The summed E-state index contributed by atoms with van der Waals surface area (Å²) in [7, 11) is 0. The van der Waals surface area contributed by atoms with E-state index in [9.17, 15) is 47.9 Å². The third kappa shape index (κ3) is 29.9. The van der Waals surface area contributed by atoms with Crippen LogP contribution in [0.2, 0.25) is 0 Å². The molecule has 1 heterocycles. The third-order valence-corrected chi connectivity index (χ3v) is 18.0. The first kappa shape index (κ1) is 80.7. The van der Waals surface area contributed by atoms with Gasteiger partial charge in [0.2, 0.25) is 0 Å². The van der Waals surface area contributed by atoms with Crippen molar-refractivity contribution in [2.24, 2.45) is 80.9 Å². The van der Waals surface area contributed by atoms with E-state index in [1.165, 1.54) is 18.3 Å². The summed E-state index contributed by atoms with van der Waals surface area (Å²) in [6, 6.07) is 2.89. The molecule has 0 unspecified atom stereocenters. The van der Waals surface area contributed by atoms with Gasteiger partial charge in [-0.1, -0.05) is 70.6 Å². The SMILES string of the molecule is NC1(C(=O)O)CCC1.NC1(C(=O)O)CCCCC1.NC1CCC(CC(=O)O)CC1.NCC1(C(=O)O)CCCCC1.N[C@@H]1CCCC[C@H]1C(=O)O.N[C@@H]1CCC[C@H]1C(=O)O.N[C@H]1CCC[C@@H]1C(=O)O.N[C@H]1CCC[C@H]1C(=O)O.Nc1cccn(CC(=O)O)c1=O. The van der Waals surface area contributed by atoms with Crippen molar-refractivity contribution in [1.82, 2.24) is 4.57 Å². The average Bonchev–Trinajstić information content (AvgIpc) is 4.43. The van der Waals surface area contributed by atoms with Crippen LogP contribution in [0, 0.1) is 35.0 Å². The molecular weight excluding hydrogens is 1160 g/mol. The highest BCUT2D eigenvalue weighted by atomic mass is 16.4. The summed E-state index contributed by atoms with van der Waals surface area (Å²) in [4.78, 5) is 105. The molecule has 29 heteroatoms. The van der Waals surface area contributed by atoms with Crippen LogP contribution in [-0.2, 0) is 49.7 Å². The number of nitrogens with zero attached hydrogens (tertiary/aromatic N) is 1. The van der Waals surface area contributed by atoms with Gasteiger partial charge in [-0.3, -0.25) is 47.9 Å². The van der Waals surface area contributed by atoms with Gasteiger partial charge >= 0.3 is 53.7 Å². The standard InChI is InChI=1S/2C8H15NO2.C7H8N2O3.2C7H13NO2.3C6H11NO2.C5H9NO2/c9-7-3-1-6(2-4-7)5-8(10)11;9-6-8(7(10)11)4-2-1-3-5-8;8-5-2-1-3-9(7(5)12)4-6(10)11;8-7(6(9)10)4-2-1-3-5-7;8-6-4-2-1-3-5(6)7(9)10;3*7-5-3-1-2-4(5)6(8)9;6-5(4(7)8)2-1-3-5/h6-7H,1-5,9H2,(H,10,11);1-6,9H2,(H,10,11);1-3H,4,8H2,(H,10,11);1-5,8H2,(H,9,10);5-6H,1-4,8H2,(H,9,10);3*4-5H,1-3,7H2,(H,8,9);1-3,6H2,(H,7,8)/t;;;;5-,6-;4-,5+;2*4-,5-;/m....1110./s1. The predicted octanol–water partition coefficient (Wildman–Crippen LogP) is 3.34. The number of hydrogen-bond acceptors (Lipinski definition) is 19. The topological polar surface area (TPSA) is 592 Å². The van der Waals surface area contributed by atoms with E-state index < -0.39 is 75.8 Å². The first-order chi connectivity index (χ1) is 41.7. The zero-order chi connectivity index (χ0) is 67.7. The molecule has 0 amide bonds. The summed E-state index contributed by atoms with van der Waals surface area (Å²) in [6.45, 7) is -0.0633. The number of hydrogen-bond donors (Lipinski definition) is 18. The average molecular weight is 1270 g/mol. The molecule has 8 aliphatic rings. The van der Waals surface area contributed by atoms with Gasteiger partial charge in [-0.15, -0.1) is 0 Å². The molecule has 1 aromatic rings. The number of aromatic nitrogens is 1. The first-order valence-corrected chi connectivity index (χ1v) is 31.2.